The molecular weight excluding hydrogens is 445 g/mol. The standard InChI is InChI=1S/C24H29ClFN5O2/c1-15(2)31-21-20(22(32)30(24(31)33)13-16-9-10-16)29(14-17-18(25)7-6-8-19(17)26)23(27-21)28-11-4-3-5-12-28/h6-8,15-16H,3-5,9-14H2,1-2H3. The van der Waals surface area contributed by atoms with Crippen LogP contribution < -0.4 is 16.1 Å². The first-order valence-corrected chi connectivity index (χ1v) is 12.2. The molecule has 0 amide bonds. The SMILES string of the molecule is CC(C)n1c(=O)n(CC2CC2)c(=O)c2c1nc(N1CCCCC1)n2Cc1c(F)cccc1Cl. The topological polar surface area (TPSA) is 65.1 Å². The van der Waals surface area contributed by atoms with Gasteiger partial charge in [0.15, 0.2) is 11.2 Å². The van der Waals surface area contributed by atoms with Gasteiger partial charge in [0.05, 0.1) is 6.54 Å². The van der Waals surface area contributed by atoms with Crippen LogP contribution in [-0.2, 0) is 13.1 Å². The fourth-order valence-corrected chi connectivity index (χ4v) is 4.98. The lowest BCUT2D eigenvalue weighted by atomic mass is 10.1. The molecule has 0 radical (unpaired) electrons. The van der Waals surface area contributed by atoms with Gasteiger partial charge in [0, 0.05) is 36.3 Å². The molecule has 1 saturated carbocycles. The number of halogens is 2. The van der Waals surface area contributed by atoms with Crippen molar-refractivity contribution in [3.05, 3.63) is 55.4 Å². The molecule has 2 aliphatic rings. The number of nitrogens with zero attached hydrogens (tertiary/aromatic N) is 5. The lowest BCUT2D eigenvalue weighted by Gasteiger charge is -2.28. The number of anilines is 1. The summed E-state index contributed by atoms with van der Waals surface area (Å²) in [7, 11) is 0. The minimum Gasteiger partial charge on any atom is -0.342 e. The lowest BCUT2D eigenvalue weighted by Crippen LogP contribution is -2.41. The molecule has 2 aromatic heterocycles. The number of hydrogen-bond acceptors (Lipinski definition) is 4. The molecule has 3 aromatic rings. The Labute approximate surface area is 196 Å². The molecule has 0 N–H and O–H groups in total. The number of fused-ring (bicyclic) bond motifs is 1. The Kier molecular flexibility index (Phi) is 5.80. The molecule has 1 saturated heterocycles. The Morgan fingerprint density at radius 1 is 1.12 bits per heavy atom. The Hall–Kier alpha value is -2.61. The van der Waals surface area contributed by atoms with Crippen LogP contribution in [0.3, 0.4) is 0 Å². The summed E-state index contributed by atoms with van der Waals surface area (Å²) in [6.45, 7) is 5.92. The minimum atomic E-state index is -0.426. The average Bonchev–Trinajstić information content (AvgIpc) is 3.53. The van der Waals surface area contributed by atoms with Crippen LogP contribution >= 0.6 is 11.6 Å². The van der Waals surface area contributed by atoms with Crippen LogP contribution in [0.1, 0.15) is 57.6 Å². The average molecular weight is 474 g/mol. The summed E-state index contributed by atoms with van der Waals surface area (Å²) in [4.78, 5) is 34.0. The summed E-state index contributed by atoms with van der Waals surface area (Å²) < 4.78 is 19.5. The van der Waals surface area contributed by atoms with Crippen molar-refractivity contribution < 1.29 is 4.39 Å². The number of benzene rings is 1. The predicted molar refractivity (Wildman–Crippen MR) is 128 cm³/mol. The molecule has 7 nitrogen and oxygen atoms in total. The number of hydrogen-bond donors (Lipinski definition) is 0. The van der Waals surface area contributed by atoms with Crippen molar-refractivity contribution in [2.45, 2.75) is 65.1 Å². The quantitative estimate of drug-likeness (QED) is 0.538. The van der Waals surface area contributed by atoms with E-state index in [0.717, 1.165) is 45.2 Å². The van der Waals surface area contributed by atoms with Gasteiger partial charge in [-0.1, -0.05) is 17.7 Å². The summed E-state index contributed by atoms with van der Waals surface area (Å²) in [6.07, 6.45) is 5.23. The molecule has 33 heavy (non-hydrogen) atoms. The van der Waals surface area contributed by atoms with E-state index in [4.69, 9.17) is 16.6 Å². The lowest BCUT2D eigenvalue weighted by molar-refractivity contribution is 0.503. The van der Waals surface area contributed by atoms with Crippen molar-refractivity contribution in [3.8, 4) is 0 Å². The van der Waals surface area contributed by atoms with Crippen LogP contribution in [0.25, 0.3) is 11.2 Å². The maximum absolute atomic E-state index is 14.8. The van der Waals surface area contributed by atoms with Crippen LogP contribution in [0, 0.1) is 11.7 Å². The summed E-state index contributed by atoms with van der Waals surface area (Å²) in [5.74, 6) is 0.524. The highest BCUT2D eigenvalue weighted by atomic mass is 35.5. The van der Waals surface area contributed by atoms with E-state index in [1.54, 1.807) is 21.3 Å². The van der Waals surface area contributed by atoms with Crippen LogP contribution in [0.15, 0.2) is 27.8 Å². The van der Waals surface area contributed by atoms with Gasteiger partial charge in [-0.2, -0.15) is 4.98 Å². The third kappa shape index (κ3) is 3.98. The van der Waals surface area contributed by atoms with Crippen molar-refractivity contribution in [1.29, 1.82) is 0 Å². The summed E-state index contributed by atoms with van der Waals surface area (Å²) in [5.41, 5.74) is 0.325. The van der Waals surface area contributed by atoms with Crippen LogP contribution in [-0.4, -0.2) is 31.8 Å². The van der Waals surface area contributed by atoms with E-state index in [2.05, 4.69) is 4.90 Å². The van der Waals surface area contributed by atoms with Gasteiger partial charge in [-0.25, -0.2) is 9.18 Å². The highest BCUT2D eigenvalue weighted by molar-refractivity contribution is 6.31. The van der Waals surface area contributed by atoms with E-state index in [1.165, 1.54) is 10.6 Å². The molecule has 1 aliphatic heterocycles. The summed E-state index contributed by atoms with van der Waals surface area (Å²) in [6, 6.07) is 4.41. The fraction of sp³-hybridized carbons (Fsp3) is 0.542. The van der Waals surface area contributed by atoms with Gasteiger partial charge in [0.25, 0.3) is 5.56 Å². The third-order valence-electron chi connectivity index (χ3n) is 6.71. The molecule has 1 aromatic carbocycles. The van der Waals surface area contributed by atoms with Crippen molar-refractivity contribution >= 4 is 28.7 Å². The van der Waals surface area contributed by atoms with Gasteiger partial charge in [-0.05, 0) is 64.0 Å². The first-order valence-electron chi connectivity index (χ1n) is 11.8. The molecule has 0 atom stereocenters. The molecular formula is C24H29ClFN5O2. The first kappa shape index (κ1) is 22.2. The second-order valence-corrected chi connectivity index (χ2v) is 9.93. The van der Waals surface area contributed by atoms with Crippen molar-refractivity contribution in [2.75, 3.05) is 18.0 Å². The van der Waals surface area contributed by atoms with E-state index in [9.17, 15) is 14.0 Å². The van der Waals surface area contributed by atoms with Gasteiger partial charge >= 0.3 is 5.69 Å². The molecule has 5 rings (SSSR count). The Balaban J connectivity index is 1.80. The van der Waals surface area contributed by atoms with Crippen LogP contribution in [0.5, 0.6) is 0 Å². The first-order chi connectivity index (χ1) is 15.9. The summed E-state index contributed by atoms with van der Waals surface area (Å²) in [5, 5.41) is 0.303. The number of aromatic nitrogens is 4. The third-order valence-corrected chi connectivity index (χ3v) is 7.07. The second kappa shape index (κ2) is 8.63. The monoisotopic (exact) mass is 473 g/mol. The molecule has 0 spiro atoms. The Morgan fingerprint density at radius 3 is 2.48 bits per heavy atom. The molecule has 0 bridgehead atoms. The Bertz CT molecular complexity index is 1290. The van der Waals surface area contributed by atoms with Gasteiger partial charge in [-0.3, -0.25) is 18.5 Å². The Morgan fingerprint density at radius 2 is 1.85 bits per heavy atom. The van der Waals surface area contributed by atoms with Crippen LogP contribution in [0.2, 0.25) is 5.02 Å². The van der Waals surface area contributed by atoms with E-state index in [0.29, 0.717) is 40.2 Å². The smallest absolute Gasteiger partial charge is 0.332 e. The number of piperidine rings is 1. The zero-order chi connectivity index (χ0) is 23.3. The molecule has 1 aliphatic carbocycles. The minimum absolute atomic E-state index is 0.0722. The largest absolute Gasteiger partial charge is 0.342 e. The van der Waals surface area contributed by atoms with Gasteiger partial charge in [0.2, 0.25) is 5.95 Å². The normalized spacial score (nSPS) is 16.8. The van der Waals surface area contributed by atoms with E-state index < -0.39 is 5.82 Å². The van der Waals surface area contributed by atoms with Crippen molar-refractivity contribution in [3.63, 3.8) is 0 Å². The van der Waals surface area contributed by atoms with Gasteiger partial charge < -0.3 is 4.90 Å². The zero-order valence-electron chi connectivity index (χ0n) is 19.1. The maximum Gasteiger partial charge on any atom is 0.332 e. The van der Waals surface area contributed by atoms with E-state index in [1.807, 2.05) is 13.8 Å². The zero-order valence-corrected chi connectivity index (χ0v) is 19.8. The van der Waals surface area contributed by atoms with Gasteiger partial charge in [0.1, 0.15) is 5.82 Å². The fourth-order valence-electron chi connectivity index (χ4n) is 4.75. The van der Waals surface area contributed by atoms with Crippen molar-refractivity contribution in [2.24, 2.45) is 5.92 Å². The van der Waals surface area contributed by atoms with E-state index >= 15 is 0 Å². The van der Waals surface area contributed by atoms with Crippen molar-refractivity contribution in [1.82, 2.24) is 18.7 Å². The molecule has 176 valence electrons. The molecule has 2 fully saturated rings. The maximum atomic E-state index is 14.8. The summed E-state index contributed by atoms with van der Waals surface area (Å²) >= 11 is 6.36. The number of imidazole rings is 1. The second-order valence-electron chi connectivity index (χ2n) is 9.52. The van der Waals surface area contributed by atoms with E-state index in [-0.39, 0.29) is 23.8 Å². The molecule has 3 heterocycles. The van der Waals surface area contributed by atoms with Gasteiger partial charge in [-0.15, -0.1) is 0 Å². The highest BCUT2D eigenvalue weighted by Crippen LogP contribution is 2.31. The van der Waals surface area contributed by atoms with Crippen LogP contribution in [0.4, 0.5) is 10.3 Å². The predicted octanol–water partition coefficient (Wildman–Crippen LogP) is 4.18. The highest BCUT2D eigenvalue weighted by Gasteiger charge is 2.29. The molecule has 0 unspecified atom stereocenters. The number of rotatable bonds is 6. The molecule has 9 heteroatoms.